The SMILES string of the molecule is C=c1cc(C#CC)c(=O)n(Cc2ccccc2C(F)(F)F)c1=CC. The quantitative estimate of drug-likeness (QED) is 0.775. The van der Waals surface area contributed by atoms with E-state index in [4.69, 9.17) is 0 Å². The number of nitrogens with zero attached hydrogens (tertiary/aromatic N) is 1. The Morgan fingerprint density at radius 3 is 2.54 bits per heavy atom. The van der Waals surface area contributed by atoms with Gasteiger partial charge in [-0.05, 0) is 36.8 Å². The molecular weight excluding hydrogens is 315 g/mol. The Morgan fingerprint density at radius 2 is 1.96 bits per heavy atom. The van der Waals surface area contributed by atoms with Gasteiger partial charge < -0.3 is 4.57 Å². The van der Waals surface area contributed by atoms with Gasteiger partial charge >= 0.3 is 6.18 Å². The average Bonchev–Trinajstić information content (AvgIpc) is 2.52. The molecule has 0 aliphatic heterocycles. The monoisotopic (exact) mass is 331 g/mol. The Hall–Kier alpha value is -2.74. The first-order valence-electron chi connectivity index (χ1n) is 7.26. The lowest BCUT2D eigenvalue weighted by molar-refractivity contribution is -0.138. The molecule has 2 rings (SSSR count). The maximum Gasteiger partial charge on any atom is 0.416 e. The highest BCUT2D eigenvalue weighted by Crippen LogP contribution is 2.31. The summed E-state index contributed by atoms with van der Waals surface area (Å²) in [7, 11) is 0. The molecule has 1 aromatic heterocycles. The van der Waals surface area contributed by atoms with Crippen molar-refractivity contribution in [1.82, 2.24) is 4.57 Å². The van der Waals surface area contributed by atoms with Crippen LogP contribution in [0, 0.1) is 11.8 Å². The second-order valence-corrected chi connectivity index (χ2v) is 5.18. The molecule has 0 amide bonds. The van der Waals surface area contributed by atoms with Gasteiger partial charge in [-0.15, -0.1) is 5.92 Å². The van der Waals surface area contributed by atoms with Gasteiger partial charge in [-0.25, -0.2) is 0 Å². The first-order valence-corrected chi connectivity index (χ1v) is 7.26. The summed E-state index contributed by atoms with van der Waals surface area (Å²) in [4.78, 5) is 12.6. The maximum atomic E-state index is 13.2. The summed E-state index contributed by atoms with van der Waals surface area (Å²) in [5.41, 5.74) is -0.938. The van der Waals surface area contributed by atoms with Crippen molar-refractivity contribution in [1.29, 1.82) is 0 Å². The van der Waals surface area contributed by atoms with Gasteiger partial charge in [0.15, 0.2) is 0 Å². The molecule has 0 bridgehead atoms. The molecule has 2 aromatic rings. The number of pyridine rings is 1. The minimum atomic E-state index is -4.48. The van der Waals surface area contributed by atoms with Crippen LogP contribution in [0.4, 0.5) is 13.2 Å². The third-order valence-electron chi connectivity index (χ3n) is 3.60. The molecule has 1 aromatic carbocycles. The molecular formula is C19H16F3NO. The van der Waals surface area contributed by atoms with E-state index in [2.05, 4.69) is 18.4 Å². The van der Waals surface area contributed by atoms with Gasteiger partial charge in [0.2, 0.25) is 0 Å². The fraction of sp³-hybridized carbons (Fsp3) is 0.211. The molecule has 0 unspecified atom stereocenters. The van der Waals surface area contributed by atoms with Crippen LogP contribution in [0.15, 0.2) is 35.1 Å². The number of hydrogen-bond acceptors (Lipinski definition) is 1. The molecule has 0 aliphatic carbocycles. The molecule has 24 heavy (non-hydrogen) atoms. The Bertz CT molecular complexity index is 988. The van der Waals surface area contributed by atoms with Crippen molar-refractivity contribution in [2.24, 2.45) is 0 Å². The van der Waals surface area contributed by atoms with Crippen molar-refractivity contribution in [2.45, 2.75) is 26.6 Å². The zero-order valence-electron chi connectivity index (χ0n) is 13.4. The molecule has 0 atom stereocenters. The highest BCUT2D eigenvalue weighted by Gasteiger charge is 2.33. The third kappa shape index (κ3) is 3.43. The van der Waals surface area contributed by atoms with Gasteiger partial charge in [-0.3, -0.25) is 4.79 Å². The van der Waals surface area contributed by atoms with E-state index in [1.54, 1.807) is 26.0 Å². The molecule has 0 spiro atoms. The molecule has 2 nitrogen and oxygen atoms in total. The second kappa shape index (κ2) is 6.79. The number of alkyl halides is 3. The number of aromatic nitrogens is 1. The summed E-state index contributed by atoms with van der Waals surface area (Å²) in [6, 6.07) is 6.78. The van der Waals surface area contributed by atoms with Gasteiger partial charge in [0.1, 0.15) is 0 Å². The Labute approximate surface area is 137 Å². The molecule has 0 N–H and O–H groups in total. The molecule has 1 heterocycles. The first kappa shape index (κ1) is 17.6. The molecule has 0 radical (unpaired) electrons. The van der Waals surface area contributed by atoms with E-state index in [0.717, 1.165) is 6.07 Å². The van der Waals surface area contributed by atoms with Gasteiger partial charge in [0.05, 0.1) is 17.7 Å². The average molecular weight is 331 g/mol. The van der Waals surface area contributed by atoms with E-state index in [9.17, 15) is 18.0 Å². The maximum absolute atomic E-state index is 13.2. The van der Waals surface area contributed by atoms with Gasteiger partial charge in [-0.1, -0.05) is 36.8 Å². The van der Waals surface area contributed by atoms with Crippen molar-refractivity contribution < 1.29 is 13.2 Å². The normalized spacial score (nSPS) is 12.0. The van der Waals surface area contributed by atoms with Crippen LogP contribution in [0.25, 0.3) is 12.7 Å². The highest BCUT2D eigenvalue weighted by molar-refractivity contribution is 5.36. The number of benzene rings is 1. The molecule has 0 fully saturated rings. The van der Waals surface area contributed by atoms with Crippen molar-refractivity contribution in [2.75, 3.05) is 0 Å². The Balaban J connectivity index is 2.74. The highest BCUT2D eigenvalue weighted by atomic mass is 19.4. The zero-order valence-corrected chi connectivity index (χ0v) is 13.4. The summed E-state index contributed by atoms with van der Waals surface area (Å²) >= 11 is 0. The van der Waals surface area contributed by atoms with Crippen LogP contribution >= 0.6 is 0 Å². The summed E-state index contributed by atoms with van der Waals surface area (Å²) in [6.45, 7) is 6.97. The summed E-state index contributed by atoms with van der Waals surface area (Å²) in [6.07, 6.45) is -2.83. The molecule has 0 saturated carbocycles. The number of halogens is 3. The van der Waals surface area contributed by atoms with Crippen LogP contribution < -0.4 is 16.1 Å². The molecule has 124 valence electrons. The van der Waals surface area contributed by atoms with E-state index in [1.807, 2.05) is 0 Å². The molecule has 0 aliphatic rings. The minimum Gasteiger partial charge on any atom is -0.303 e. The fourth-order valence-electron chi connectivity index (χ4n) is 2.57. The lowest BCUT2D eigenvalue weighted by Crippen LogP contribution is -2.44. The van der Waals surface area contributed by atoms with Crippen molar-refractivity contribution in [3.05, 3.63) is 67.9 Å². The summed E-state index contributed by atoms with van der Waals surface area (Å²) in [5.74, 6) is 5.31. The number of hydrogen-bond donors (Lipinski definition) is 0. The minimum absolute atomic E-state index is 0.0243. The lowest BCUT2D eigenvalue weighted by atomic mass is 10.1. The predicted molar refractivity (Wildman–Crippen MR) is 88.7 cm³/mol. The standard InChI is InChI=1S/C19H16F3NO/c1-4-8-14-11-13(3)17(5-2)23(18(14)24)12-15-9-6-7-10-16(15)19(20,21)22/h5-7,9-11H,3,12H2,1-2H3. The predicted octanol–water partition coefficient (Wildman–Crippen LogP) is 2.50. The number of rotatable bonds is 2. The van der Waals surface area contributed by atoms with Crippen molar-refractivity contribution in [3.8, 4) is 11.8 Å². The van der Waals surface area contributed by atoms with Crippen LogP contribution in [-0.2, 0) is 12.7 Å². The van der Waals surface area contributed by atoms with Gasteiger partial charge in [0.25, 0.3) is 5.56 Å². The summed E-state index contributed by atoms with van der Waals surface area (Å²) < 4.78 is 40.8. The topological polar surface area (TPSA) is 22.0 Å². The van der Waals surface area contributed by atoms with E-state index < -0.39 is 17.3 Å². The Kier molecular flexibility index (Phi) is 4.99. The Morgan fingerprint density at radius 1 is 1.29 bits per heavy atom. The summed E-state index contributed by atoms with van der Waals surface area (Å²) in [5, 5.41) is 1.03. The largest absolute Gasteiger partial charge is 0.416 e. The second-order valence-electron chi connectivity index (χ2n) is 5.18. The van der Waals surface area contributed by atoms with Crippen LogP contribution in [-0.4, -0.2) is 4.57 Å². The van der Waals surface area contributed by atoms with Crippen LogP contribution in [0.5, 0.6) is 0 Å². The lowest BCUT2D eigenvalue weighted by Gasteiger charge is -2.15. The van der Waals surface area contributed by atoms with Crippen LogP contribution in [0.1, 0.15) is 30.5 Å². The van der Waals surface area contributed by atoms with Crippen molar-refractivity contribution >= 4 is 12.7 Å². The van der Waals surface area contributed by atoms with Crippen LogP contribution in [0.2, 0.25) is 0 Å². The zero-order chi connectivity index (χ0) is 17.9. The third-order valence-corrected chi connectivity index (χ3v) is 3.60. The smallest absolute Gasteiger partial charge is 0.303 e. The fourth-order valence-corrected chi connectivity index (χ4v) is 2.57. The first-order chi connectivity index (χ1) is 11.3. The van der Waals surface area contributed by atoms with E-state index >= 15 is 0 Å². The van der Waals surface area contributed by atoms with E-state index in [-0.39, 0.29) is 17.7 Å². The van der Waals surface area contributed by atoms with E-state index in [1.165, 1.54) is 22.8 Å². The van der Waals surface area contributed by atoms with Gasteiger partial charge in [-0.2, -0.15) is 13.2 Å². The van der Waals surface area contributed by atoms with Crippen LogP contribution in [0.3, 0.4) is 0 Å². The van der Waals surface area contributed by atoms with Crippen molar-refractivity contribution in [3.63, 3.8) is 0 Å². The molecule has 0 saturated heterocycles. The van der Waals surface area contributed by atoms with E-state index in [0.29, 0.717) is 10.6 Å². The van der Waals surface area contributed by atoms with Gasteiger partial charge in [0, 0.05) is 5.35 Å². The molecule has 5 heteroatoms.